The molecule has 2 aromatic carbocycles. The van der Waals surface area contributed by atoms with Gasteiger partial charge in [-0.3, -0.25) is 4.79 Å². The van der Waals surface area contributed by atoms with Crippen LogP contribution in [0.25, 0.3) is 0 Å². The van der Waals surface area contributed by atoms with Crippen molar-refractivity contribution < 1.29 is 23.7 Å². The predicted octanol–water partition coefficient (Wildman–Crippen LogP) is 3.93. The summed E-state index contributed by atoms with van der Waals surface area (Å²) in [7, 11) is 3.17. The minimum Gasteiger partial charge on any atom is -0.497 e. The van der Waals surface area contributed by atoms with Gasteiger partial charge >= 0.3 is 0 Å². The highest BCUT2D eigenvalue weighted by Gasteiger charge is 2.44. The Morgan fingerprint density at radius 2 is 1.81 bits per heavy atom. The van der Waals surface area contributed by atoms with Gasteiger partial charge in [0.25, 0.3) is 5.79 Å². The molecule has 1 saturated carbocycles. The van der Waals surface area contributed by atoms with Crippen molar-refractivity contribution in [3.8, 4) is 23.0 Å². The maximum atomic E-state index is 12.5. The number of carbonyl (C=O) groups excluding carboxylic acids is 1. The van der Waals surface area contributed by atoms with Gasteiger partial charge in [0, 0.05) is 36.2 Å². The van der Waals surface area contributed by atoms with Crippen molar-refractivity contribution in [1.82, 2.24) is 0 Å². The summed E-state index contributed by atoms with van der Waals surface area (Å²) in [6.45, 7) is 0. The van der Waals surface area contributed by atoms with E-state index in [-0.39, 0.29) is 12.3 Å². The molecule has 1 aliphatic carbocycles. The monoisotopic (exact) mass is 369 g/mol. The van der Waals surface area contributed by atoms with Crippen molar-refractivity contribution in [2.75, 3.05) is 19.5 Å². The minimum atomic E-state index is -0.499. The van der Waals surface area contributed by atoms with Crippen LogP contribution in [0.15, 0.2) is 36.4 Å². The molecule has 1 fully saturated rings. The number of hydrogen-bond donors (Lipinski definition) is 1. The maximum Gasteiger partial charge on any atom is 0.251 e. The molecule has 2 aromatic rings. The van der Waals surface area contributed by atoms with Crippen molar-refractivity contribution in [3.63, 3.8) is 0 Å². The molecule has 0 saturated heterocycles. The molecule has 1 heterocycles. The number of methoxy groups -OCH3 is 2. The molecule has 0 unspecified atom stereocenters. The van der Waals surface area contributed by atoms with Crippen molar-refractivity contribution in [2.45, 2.75) is 37.9 Å². The summed E-state index contributed by atoms with van der Waals surface area (Å²) in [4.78, 5) is 12.5. The van der Waals surface area contributed by atoms with E-state index in [9.17, 15) is 4.79 Å². The molecule has 0 atom stereocenters. The van der Waals surface area contributed by atoms with E-state index in [0.29, 0.717) is 22.9 Å². The topological polar surface area (TPSA) is 66.0 Å². The fraction of sp³-hybridized carbons (Fsp3) is 0.381. The summed E-state index contributed by atoms with van der Waals surface area (Å²) in [6.07, 6.45) is 4.23. The molecule has 0 radical (unpaired) electrons. The maximum absolute atomic E-state index is 12.5. The van der Waals surface area contributed by atoms with Crippen LogP contribution in [0.5, 0.6) is 23.0 Å². The third-order valence-electron chi connectivity index (χ3n) is 5.03. The smallest absolute Gasteiger partial charge is 0.251 e. The number of carbonyl (C=O) groups is 1. The summed E-state index contributed by atoms with van der Waals surface area (Å²) in [5, 5.41) is 2.92. The lowest BCUT2D eigenvalue weighted by atomic mass is 10.1. The fourth-order valence-corrected chi connectivity index (χ4v) is 3.67. The van der Waals surface area contributed by atoms with Crippen LogP contribution in [-0.4, -0.2) is 25.9 Å². The van der Waals surface area contributed by atoms with Crippen LogP contribution in [0.3, 0.4) is 0 Å². The molecule has 1 aliphatic heterocycles. The van der Waals surface area contributed by atoms with Gasteiger partial charge in [0.1, 0.15) is 11.5 Å². The van der Waals surface area contributed by atoms with Gasteiger partial charge < -0.3 is 24.3 Å². The van der Waals surface area contributed by atoms with E-state index < -0.39 is 5.79 Å². The van der Waals surface area contributed by atoms with Crippen LogP contribution in [0, 0.1) is 0 Å². The first-order valence-corrected chi connectivity index (χ1v) is 9.14. The van der Waals surface area contributed by atoms with E-state index in [2.05, 4.69) is 5.32 Å². The van der Waals surface area contributed by atoms with E-state index in [1.165, 1.54) is 0 Å². The lowest BCUT2D eigenvalue weighted by Gasteiger charge is -2.21. The first-order chi connectivity index (χ1) is 13.1. The van der Waals surface area contributed by atoms with Crippen molar-refractivity contribution >= 4 is 11.6 Å². The number of amides is 1. The molecule has 6 nitrogen and oxygen atoms in total. The number of fused-ring (bicyclic) bond motifs is 1. The summed E-state index contributed by atoms with van der Waals surface area (Å²) >= 11 is 0. The van der Waals surface area contributed by atoms with Gasteiger partial charge in [-0.1, -0.05) is 6.07 Å². The first-order valence-electron chi connectivity index (χ1n) is 9.14. The van der Waals surface area contributed by atoms with E-state index in [0.717, 1.165) is 37.0 Å². The van der Waals surface area contributed by atoms with Crippen molar-refractivity contribution in [1.29, 1.82) is 0 Å². The Bertz CT molecular complexity index is 858. The molecule has 0 bridgehead atoms. The van der Waals surface area contributed by atoms with Crippen molar-refractivity contribution in [2.24, 2.45) is 0 Å². The zero-order valence-corrected chi connectivity index (χ0v) is 15.5. The number of ether oxygens (including phenoxy) is 4. The van der Waals surface area contributed by atoms with Crippen LogP contribution in [-0.2, 0) is 11.2 Å². The molecular formula is C21H23NO5. The molecule has 1 amide bonds. The van der Waals surface area contributed by atoms with E-state index in [1.54, 1.807) is 20.3 Å². The minimum absolute atomic E-state index is 0.132. The zero-order valence-electron chi connectivity index (χ0n) is 15.5. The lowest BCUT2D eigenvalue weighted by Crippen LogP contribution is -2.34. The number of hydrogen-bond acceptors (Lipinski definition) is 5. The van der Waals surface area contributed by atoms with Crippen LogP contribution >= 0.6 is 0 Å². The lowest BCUT2D eigenvalue weighted by molar-refractivity contribution is -0.115. The third kappa shape index (κ3) is 3.52. The van der Waals surface area contributed by atoms with Crippen LogP contribution in [0.2, 0.25) is 0 Å². The Morgan fingerprint density at radius 3 is 2.56 bits per heavy atom. The van der Waals surface area contributed by atoms with Crippen LogP contribution in [0.4, 0.5) is 5.69 Å². The van der Waals surface area contributed by atoms with E-state index in [1.807, 2.05) is 30.3 Å². The molecule has 6 heteroatoms. The Balaban J connectivity index is 1.44. The Kier molecular flexibility index (Phi) is 4.56. The SMILES string of the molecule is COc1ccc(CC(=O)Nc2ccc3c(c2)OC2(CCCC2)O3)c(OC)c1. The Hall–Kier alpha value is -2.89. The number of benzene rings is 2. The largest absolute Gasteiger partial charge is 0.497 e. The second kappa shape index (κ2) is 7.02. The van der Waals surface area contributed by atoms with Gasteiger partial charge in [0.05, 0.1) is 20.6 Å². The van der Waals surface area contributed by atoms with Crippen molar-refractivity contribution in [3.05, 3.63) is 42.0 Å². The summed E-state index contributed by atoms with van der Waals surface area (Å²) in [5.41, 5.74) is 1.48. The third-order valence-corrected chi connectivity index (χ3v) is 5.03. The first kappa shape index (κ1) is 17.5. The summed E-state index contributed by atoms with van der Waals surface area (Å²) < 4.78 is 22.6. The van der Waals surface area contributed by atoms with Gasteiger partial charge in [-0.15, -0.1) is 0 Å². The zero-order chi connectivity index (χ0) is 18.9. The van der Waals surface area contributed by atoms with E-state index >= 15 is 0 Å². The number of anilines is 1. The molecule has 2 aliphatic rings. The molecule has 0 aromatic heterocycles. The van der Waals surface area contributed by atoms with Crippen LogP contribution in [0.1, 0.15) is 31.2 Å². The fourth-order valence-electron chi connectivity index (χ4n) is 3.67. The summed E-state index contributed by atoms with van der Waals surface area (Å²) in [6, 6.07) is 10.9. The van der Waals surface area contributed by atoms with Gasteiger partial charge in [0.2, 0.25) is 5.91 Å². The highest BCUT2D eigenvalue weighted by atomic mass is 16.7. The average Bonchev–Trinajstić information content (AvgIpc) is 3.27. The quantitative estimate of drug-likeness (QED) is 0.865. The molecule has 1 N–H and O–H groups in total. The van der Waals surface area contributed by atoms with Gasteiger partial charge in [0.15, 0.2) is 11.5 Å². The van der Waals surface area contributed by atoms with Gasteiger partial charge in [-0.05, 0) is 31.0 Å². The number of nitrogens with one attached hydrogen (secondary N) is 1. The molecule has 142 valence electrons. The molecule has 4 rings (SSSR count). The van der Waals surface area contributed by atoms with E-state index in [4.69, 9.17) is 18.9 Å². The van der Waals surface area contributed by atoms with Crippen LogP contribution < -0.4 is 24.3 Å². The number of rotatable bonds is 5. The standard InChI is InChI=1S/C21H23NO5/c1-24-16-7-5-14(18(13-16)25-2)11-20(23)22-15-6-8-17-19(12-15)27-21(26-17)9-3-4-10-21/h5-8,12-13H,3-4,9-11H2,1-2H3,(H,22,23). The molecule has 27 heavy (non-hydrogen) atoms. The Labute approximate surface area is 158 Å². The summed E-state index contributed by atoms with van der Waals surface area (Å²) in [5.74, 6) is 2.11. The Morgan fingerprint density at radius 1 is 1.04 bits per heavy atom. The van der Waals surface area contributed by atoms with Gasteiger partial charge in [-0.2, -0.15) is 0 Å². The van der Waals surface area contributed by atoms with Gasteiger partial charge in [-0.25, -0.2) is 0 Å². The normalized spacial score (nSPS) is 16.4. The second-order valence-corrected chi connectivity index (χ2v) is 6.89. The predicted molar refractivity (Wildman–Crippen MR) is 101 cm³/mol. The molecular weight excluding hydrogens is 346 g/mol. The second-order valence-electron chi connectivity index (χ2n) is 6.89. The highest BCUT2D eigenvalue weighted by molar-refractivity contribution is 5.93. The molecule has 1 spiro atoms. The average molecular weight is 369 g/mol. The highest BCUT2D eigenvalue weighted by Crippen LogP contribution is 2.47.